The number of aryl methyl sites for hydroxylation is 1. The third-order valence-corrected chi connectivity index (χ3v) is 7.18. The molecule has 1 fully saturated rings. The Kier molecular flexibility index (Phi) is 4.54. The molecule has 2 aliphatic carbocycles. The second kappa shape index (κ2) is 7.01. The van der Waals surface area contributed by atoms with E-state index in [0.717, 1.165) is 41.7 Å². The molecular weight excluding hydrogens is 388 g/mol. The lowest BCUT2D eigenvalue weighted by molar-refractivity contribution is -0.213. The van der Waals surface area contributed by atoms with Crippen molar-refractivity contribution in [3.63, 3.8) is 0 Å². The number of esters is 2. The molecule has 1 aliphatic heterocycles. The van der Waals surface area contributed by atoms with Crippen LogP contribution in [0.5, 0.6) is 0 Å². The average Bonchev–Trinajstić information content (AvgIpc) is 3.42. The van der Waals surface area contributed by atoms with Crippen LogP contribution in [0.2, 0.25) is 0 Å². The van der Waals surface area contributed by atoms with Crippen molar-refractivity contribution in [3.05, 3.63) is 47.3 Å². The first-order valence-electron chi connectivity index (χ1n) is 10.5. The van der Waals surface area contributed by atoms with E-state index < -0.39 is 23.8 Å². The molecule has 6 atom stereocenters. The van der Waals surface area contributed by atoms with Crippen molar-refractivity contribution in [1.82, 2.24) is 0 Å². The average molecular weight is 414 g/mol. The minimum absolute atomic E-state index is 0.0954. The standard InChI is InChI=1S/C23H26O7/c1-12-20(28-13(2)24)21-19-16(11-27-21)5-4-6-17(19)23(12)9-18(15-7-8-26-10-15)30-22(23)29-14(3)25/h7-8,10-12,17-18,20,22H,4-6,9H2,1-3H3/t12-,17+,18+,20+,22-,23-/m1/s1. The SMILES string of the molecule is CC(=O)O[C@@H]1O[C@H](c2ccoc2)C[C@]12[C@H](C)[C@H](OC(C)=O)c1occ3c1[C@@H]2CCC3. The van der Waals surface area contributed by atoms with E-state index in [-0.39, 0.29) is 23.9 Å². The van der Waals surface area contributed by atoms with Crippen LogP contribution in [-0.4, -0.2) is 18.2 Å². The molecule has 7 heteroatoms. The van der Waals surface area contributed by atoms with Crippen LogP contribution in [0.25, 0.3) is 0 Å². The Labute approximate surface area is 174 Å². The quantitative estimate of drug-likeness (QED) is 0.679. The summed E-state index contributed by atoms with van der Waals surface area (Å²) in [7, 11) is 0. The molecule has 0 saturated carbocycles. The highest BCUT2D eigenvalue weighted by Crippen LogP contribution is 2.67. The summed E-state index contributed by atoms with van der Waals surface area (Å²) >= 11 is 0. The number of carbonyl (C=O) groups excluding carboxylic acids is 2. The van der Waals surface area contributed by atoms with Gasteiger partial charge in [-0.2, -0.15) is 0 Å². The van der Waals surface area contributed by atoms with E-state index in [1.54, 1.807) is 18.8 Å². The van der Waals surface area contributed by atoms with Gasteiger partial charge in [-0.25, -0.2) is 0 Å². The molecule has 0 N–H and O–H groups in total. The molecule has 3 heterocycles. The molecular formula is C23H26O7. The third-order valence-electron chi connectivity index (χ3n) is 7.18. The smallest absolute Gasteiger partial charge is 0.304 e. The van der Waals surface area contributed by atoms with Crippen molar-refractivity contribution in [3.8, 4) is 0 Å². The Morgan fingerprint density at radius 3 is 2.67 bits per heavy atom. The van der Waals surface area contributed by atoms with Crippen molar-refractivity contribution in [2.45, 2.75) is 70.9 Å². The van der Waals surface area contributed by atoms with E-state index in [1.165, 1.54) is 13.8 Å². The summed E-state index contributed by atoms with van der Waals surface area (Å²) in [6, 6.07) is 1.88. The molecule has 5 rings (SSSR count). The fraction of sp³-hybridized carbons (Fsp3) is 0.565. The summed E-state index contributed by atoms with van der Waals surface area (Å²) in [4.78, 5) is 24.0. The number of fused-ring (bicyclic) bond motifs is 1. The molecule has 30 heavy (non-hydrogen) atoms. The molecule has 0 unspecified atom stereocenters. The van der Waals surface area contributed by atoms with Crippen molar-refractivity contribution < 1.29 is 32.6 Å². The molecule has 3 aliphatic rings. The molecule has 2 aromatic heterocycles. The van der Waals surface area contributed by atoms with Gasteiger partial charge in [0.1, 0.15) is 5.76 Å². The minimum Gasteiger partial charge on any atom is -0.472 e. The lowest BCUT2D eigenvalue weighted by Crippen LogP contribution is -2.50. The lowest BCUT2D eigenvalue weighted by Gasteiger charge is -2.51. The van der Waals surface area contributed by atoms with E-state index in [9.17, 15) is 9.59 Å². The maximum atomic E-state index is 12.0. The van der Waals surface area contributed by atoms with Gasteiger partial charge >= 0.3 is 11.9 Å². The summed E-state index contributed by atoms with van der Waals surface area (Å²) in [5.41, 5.74) is 2.63. The monoisotopic (exact) mass is 414 g/mol. The molecule has 1 saturated heterocycles. The van der Waals surface area contributed by atoms with Gasteiger partial charge in [0, 0.05) is 36.3 Å². The first-order chi connectivity index (χ1) is 14.4. The van der Waals surface area contributed by atoms with Crippen LogP contribution in [0.4, 0.5) is 0 Å². The van der Waals surface area contributed by atoms with Crippen molar-refractivity contribution in [2.24, 2.45) is 11.3 Å². The van der Waals surface area contributed by atoms with Crippen molar-refractivity contribution >= 4 is 11.9 Å². The first kappa shape index (κ1) is 19.4. The third kappa shape index (κ3) is 2.75. The lowest BCUT2D eigenvalue weighted by atomic mass is 9.54. The van der Waals surface area contributed by atoms with Gasteiger partial charge in [0.2, 0.25) is 6.29 Å². The van der Waals surface area contributed by atoms with Gasteiger partial charge in [-0.1, -0.05) is 6.92 Å². The zero-order valence-electron chi connectivity index (χ0n) is 17.4. The van der Waals surface area contributed by atoms with Gasteiger partial charge in [0.15, 0.2) is 6.10 Å². The summed E-state index contributed by atoms with van der Waals surface area (Å²) in [6.07, 6.45) is 7.03. The van der Waals surface area contributed by atoms with Crippen molar-refractivity contribution in [2.75, 3.05) is 0 Å². The van der Waals surface area contributed by atoms with E-state index in [0.29, 0.717) is 6.42 Å². The molecule has 0 radical (unpaired) electrons. The van der Waals surface area contributed by atoms with Gasteiger partial charge in [-0.05, 0) is 43.2 Å². The largest absolute Gasteiger partial charge is 0.472 e. The number of hydrogen-bond donors (Lipinski definition) is 0. The number of carbonyl (C=O) groups is 2. The molecule has 160 valence electrons. The summed E-state index contributed by atoms with van der Waals surface area (Å²) in [5, 5.41) is 0. The van der Waals surface area contributed by atoms with E-state index in [1.807, 2.05) is 13.0 Å². The summed E-state index contributed by atoms with van der Waals surface area (Å²) in [6.45, 7) is 4.85. The van der Waals surface area contributed by atoms with Gasteiger partial charge in [0.25, 0.3) is 0 Å². The highest BCUT2D eigenvalue weighted by atomic mass is 16.7. The Hall–Kier alpha value is -2.54. The normalized spacial score (nSPS) is 34.6. The second-order valence-electron chi connectivity index (χ2n) is 8.74. The highest BCUT2D eigenvalue weighted by molar-refractivity contribution is 5.67. The zero-order chi connectivity index (χ0) is 21.0. The molecule has 0 bridgehead atoms. The highest BCUT2D eigenvalue weighted by Gasteiger charge is 2.65. The Morgan fingerprint density at radius 1 is 1.17 bits per heavy atom. The topological polar surface area (TPSA) is 88.1 Å². The molecule has 7 nitrogen and oxygen atoms in total. The van der Waals surface area contributed by atoms with Gasteiger partial charge in [-0.15, -0.1) is 0 Å². The number of furan rings is 2. The van der Waals surface area contributed by atoms with Crippen LogP contribution in [0.1, 0.15) is 80.6 Å². The molecule has 0 amide bonds. The predicted octanol–water partition coefficient (Wildman–Crippen LogP) is 4.58. The van der Waals surface area contributed by atoms with Crippen LogP contribution in [0, 0.1) is 11.3 Å². The van der Waals surface area contributed by atoms with E-state index in [2.05, 4.69) is 0 Å². The van der Waals surface area contributed by atoms with Gasteiger partial charge in [0.05, 0.1) is 24.9 Å². The van der Waals surface area contributed by atoms with Crippen LogP contribution in [0.15, 0.2) is 33.7 Å². The molecule has 0 aromatic carbocycles. The number of rotatable bonds is 3. The van der Waals surface area contributed by atoms with E-state index in [4.69, 9.17) is 23.0 Å². The van der Waals surface area contributed by atoms with Crippen LogP contribution >= 0.6 is 0 Å². The Bertz CT molecular complexity index is 958. The fourth-order valence-corrected chi connectivity index (χ4v) is 5.96. The minimum atomic E-state index is -0.748. The van der Waals surface area contributed by atoms with Gasteiger partial charge < -0.3 is 23.0 Å². The van der Waals surface area contributed by atoms with Crippen LogP contribution in [-0.2, 0) is 30.2 Å². The maximum Gasteiger partial charge on any atom is 0.304 e. The predicted molar refractivity (Wildman–Crippen MR) is 103 cm³/mol. The zero-order valence-corrected chi connectivity index (χ0v) is 17.4. The van der Waals surface area contributed by atoms with Crippen molar-refractivity contribution in [1.29, 1.82) is 0 Å². The van der Waals surface area contributed by atoms with Crippen LogP contribution < -0.4 is 0 Å². The van der Waals surface area contributed by atoms with Gasteiger partial charge in [-0.3, -0.25) is 9.59 Å². The molecule has 1 spiro atoms. The summed E-state index contributed by atoms with van der Waals surface area (Å²) in [5.74, 6) is -0.0973. The second-order valence-corrected chi connectivity index (χ2v) is 8.74. The number of hydrogen-bond acceptors (Lipinski definition) is 7. The van der Waals surface area contributed by atoms with E-state index >= 15 is 0 Å². The number of ether oxygens (including phenoxy) is 3. The summed E-state index contributed by atoms with van der Waals surface area (Å²) < 4.78 is 29.1. The fourth-order valence-electron chi connectivity index (χ4n) is 5.96. The van der Waals surface area contributed by atoms with Crippen LogP contribution in [0.3, 0.4) is 0 Å². The molecule has 2 aromatic rings. The maximum absolute atomic E-state index is 12.0. The first-order valence-corrected chi connectivity index (χ1v) is 10.5. The Morgan fingerprint density at radius 2 is 1.97 bits per heavy atom. The Balaban J connectivity index is 1.66.